The van der Waals surface area contributed by atoms with Crippen LogP contribution in [0.5, 0.6) is 5.75 Å². The van der Waals surface area contributed by atoms with Gasteiger partial charge < -0.3 is 19.8 Å². The molecule has 0 bridgehead atoms. The topological polar surface area (TPSA) is 93.5 Å². The summed E-state index contributed by atoms with van der Waals surface area (Å²) in [6, 6.07) is 10.4. The highest BCUT2D eigenvalue weighted by atomic mass is 16.5. The fourth-order valence-electron chi connectivity index (χ4n) is 2.52. The van der Waals surface area contributed by atoms with Gasteiger partial charge in [-0.2, -0.15) is 0 Å². The molecule has 7 heteroatoms. The van der Waals surface area contributed by atoms with Crippen LogP contribution in [-0.2, 0) is 9.59 Å². The minimum atomic E-state index is -0.775. The monoisotopic (exact) mass is 365 g/mol. The molecule has 7 nitrogen and oxygen atoms in total. The van der Waals surface area contributed by atoms with Gasteiger partial charge in [-0.05, 0) is 49.2 Å². The number of benzene rings is 2. The molecule has 0 unspecified atom stereocenters. The van der Waals surface area contributed by atoms with Crippen molar-refractivity contribution in [3.8, 4) is 17.1 Å². The maximum Gasteiger partial charge on any atom is 0.314 e. The summed E-state index contributed by atoms with van der Waals surface area (Å²) in [5, 5.41) is 5.14. The molecule has 2 aromatic carbocycles. The zero-order valence-electron chi connectivity index (χ0n) is 15.2. The van der Waals surface area contributed by atoms with Gasteiger partial charge in [0, 0.05) is 17.4 Å². The number of anilines is 2. The second-order valence-corrected chi connectivity index (χ2v) is 5.99. The number of hydrogen-bond acceptors (Lipinski definition) is 5. The Bertz CT molecular complexity index is 981. The minimum Gasteiger partial charge on any atom is -0.496 e. The molecule has 0 atom stereocenters. The Kier molecular flexibility index (Phi) is 5.21. The average Bonchev–Trinajstić information content (AvgIpc) is 3.19. The second-order valence-electron chi connectivity index (χ2n) is 5.99. The molecule has 138 valence electrons. The quantitative estimate of drug-likeness (QED) is 0.690. The van der Waals surface area contributed by atoms with Crippen molar-refractivity contribution in [2.24, 2.45) is 0 Å². The van der Waals surface area contributed by atoms with E-state index < -0.39 is 11.8 Å². The third-order valence-electron chi connectivity index (χ3n) is 4.13. The lowest BCUT2D eigenvalue weighted by Crippen LogP contribution is -2.29. The molecule has 0 saturated heterocycles. The van der Waals surface area contributed by atoms with Gasteiger partial charge in [0.2, 0.25) is 0 Å². The van der Waals surface area contributed by atoms with Crippen LogP contribution in [0.25, 0.3) is 11.3 Å². The summed E-state index contributed by atoms with van der Waals surface area (Å²) in [7, 11) is 1.51. The molecule has 0 saturated carbocycles. The van der Waals surface area contributed by atoms with E-state index in [9.17, 15) is 9.59 Å². The summed E-state index contributed by atoms with van der Waals surface area (Å²) in [5.74, 6) is -0.504. The highest BCUT2D eigenvalue weighted by Crippen LogP contribution is 2.32. The molecule has 0 aliphatic carbocycles. The number of aryl methyl sites for hydroxylation is 2. The first kappa shape index (κ1) is 18.2. The summed E-state index contributed by atoms with van der Waals surface area (Å²) in [5.41, 5.74) is 3.82. The van der Waals surface area contributed by atoms with E-state index in [1.807, 2.05) is 26.0 Å². The van der Waals surface area contributed by atoms with Crippen molar-refractivity contribution in [1.82, 2.24) is 4.98 Å². The highest BCUT2D eigenvalue weighted by Gasteiger charge is 2.16. The van der Waals surface area contributed by atoms with E-state index in [1.54, 1.807) is 30.5 Å². The number of nitrogens with zero attached hydrogens (tertiary/aromatic N) is 1. The third kappa shape index (κ3) is 4.14. The van der Waals surface area contributed by atoms with Crippen LogP contribution in [0.2, 0.25) is 0 Å². The summed E-state index contributed by atoms with van der Waals surface area (Å²) >= 11 is 0. The molecule has 0 radical (unpaired) electrons. The lowest BCUT2D eigenvalue weighted by molar-refractivity contribution is -0.132. The summed E-state index contributed by atoms with van der Waals surface area (Å²) < 4.78 is 10.6. The van der Waals surface area contributed by atoms with Gasteiger partial charge >= 0.3 is 11.8 Å². The standard InChI is InChI=1S/C20H19N3O4/c1-12-4-5-14(8-13(12)2)22-19(24)20(25)23-15-6-7-16(17(9-15)26-3)18-10-21-11-27-18/h4-11H,1-3H3,(H,22,24)(H,23,25). The Labute approximate surface area is 156 Å². The van der Waals surface area contributed by atoms with Crippen molar-refractivity contribution < 1.29 is 18.7 Å². The van der Waals surface area contributed by atoms with Crippen LogP contribution >= 0.6 is 0 Å². The number of ether oxygens (including phenoxy) is 1. The SMILES string of the molecule is COc1cc(NC(=O)C(=O)Nc2ccc(C)c(C)c2)ccc1-c1cnco1. The van der Waals surface area contributed by atoms with Crippen LogP contribution in [0.15, 0.2) is 53.4 Å². The zero-order chi connectivity index (χ0) is 19.4. The maximum atomic E-state index is 12.2. The lowest BCUT2D eigenvalue weighted by Gasteiger charge is -2.11. The highest BCUT2D eigenvalue weighted by molar-refractivity contribution is 6.43. The number of nitrogens with one attached hydrogen (secondary N) is 2. The number of amides is 2. The first-order valence-corrected chi connectivity index (χ1v) is 8.24. The van der Waals surface area contributed by atoms with Crippen molar-refractivity contribution >= 4 is 23.2 Å². The van der Waals surface area contributed by atoms with Crippen molar-refractivity contribution in [2.75, 3.05) is 17.7 Å². The number of aromatic nitrogens is 1. The molecule has 2 N–H and O–H groups in total. The molecule has 0 aliphatic heterocycles. The fourth-order valence-corrected chi connectivity index (χ4v) is 2.52. The van der Waals surface area contributed by atoms with Gasteiger partial charge in [-0.3, -0.25) is 9.59 Å². The van der Waals surface area contributed by atoms with Crippen molar-refractivity contribution in [2.45, 2.75) is 13.8 Å². The number of hydrogen-bond donors (Lipinski definition) is 2. The van der Waals surface area contributed by atoms with Gasteiger partial charge in [-0.1, -0.05) is 6.07 Å². The molecule has 27 heavy (non-hydrogen) atoms. The number of oxazole rings is 1. The maximum absolute atomic E-state index is 12.2. The van der Waals surface area contributed by atoms with Crippen molar-refractivity contribution in [3.63, 3.8) is 0 Å². The van der Waals surface area contributed by atoms with E-state index in [1.165, 1.54) is 13.5 Å². The van der Waals surface area contributed by atoms with E-state index in [2.05, 4.69) is 15.6 Å². The van der Waals surface area contributed by atoms with Crippen LogP contribution in [0.3, 0.4) is 0 Å². The normalized spacial score (nSPS) is 10.3. The van der Waals surface area contributed by atoms with Crippen molar-refractivity contribution in [3.05, 3.63) is 60.1 Å². The number of rotatable bonds is 4. The predicted octanol–water partition coefficient (Wildman–Crippen LogP) is 3.54. The number of carbonyl (C=O) groups is 2. The first-order valence-electron chi connectivity index (χ1n) is 8.24. The van der Waals surface area contributed by atoms with Gasteiger partial charge in [-0.15, -0.1) is 0 Å². The molecule has 3 aromatic rings. The average molecular weight is 365 g/mol. The Balaban J connectivity index is 1.71. The first-order chi connectivity index (χ1) is 13.0. The zero-order valence-corrected chi connectivity index (χ0v) is 15.2. The van der Waals surface area contributed by atoms with E-state index >= 15 is 0 Å². The summed E-state index contributed by atoms with van der Waals surface area (Å²) in [4.78, 5) is 28.2. The molecule has 1 heterocycles. The smallest absolute Gasteiger partial charge is 0.314 e. The molecule has 0 spiro atoms. The largest absolute Gasteiger partial charge is 0.496 e. The van der Waals surface area contributed by atoms with Crippen LogP contribution in [0.4, 0.5) is 11.4 Å². The Morgan fingerprint density at radius 2 is 1.63 bits per heavy atom. The number of carbonyl (C=O) groups excluding carboxylic acids is 2. The second kappa shape index (κ2) is 7.74. The molecule has 1 aromatic heterocycles. The Hall–Kier alpha value is -3.61. The van der Waals surface area contributed by atoms with E-state index in [0.717, 1.165) is 11.1 Å². The third-order valence-corrected chi connectivity index (χ3v) is 4.13. The summed E-state index contributed by atoms with van der Waals surface area (Å²) in [6.45, 7) is 3.91. The molecule has 2 amide bonds. The molecular weight excluding hydrogens is 346 g/mol. The van der Waals surface area contributed by atoms with Crippen LogP contribution in [-0.4, -0.2) is 23.9 Å². The molecule has 3 rings (SSSR count). The minimum absolute atomic E-state index is 0.426. The molecule has 0 aliphatic rings. The van der Waals surface area contributed by atoms with E-state index in [0.29, 0.717) is 28.4 Å². The number of methoxy groups -OCH3 is 1. The van der Waals surface area contributed by atoms with Crippen LogP contribution in [0.1, 0.15) is 11.1 Å². The Morgan fingerprint density at radius 1 is 0.963 bits per heavy atom. The Morgan fingerprint density at radius 3 is 2.22 bits per heavy atom. The van der Waals surface area contributed by atoms with Gasteiger partial charge in [0.25, 0.3) is 0 Å². The van der Waals surface area contributed by atoms with E-state index in [4.69, 9.17) is 9.15 Å². The molecule has 0 fully saturated rings. The van der Waals surface area contributed by atoms with Crippen molar-refractivity contribution in [1.29, 1.82) is 0 Å². The molecular formula is C20H19N3O4. The van der Waals surface area contributed by atoms with Gasteiger partial charge in [0.05, 0.1) is 18.9 Å². The van der Waals surface area contributed by atoms with Gasteiger partial charge in [-0.25, -0.2) is 4.98 Å². The fraction of sp³-hybridized carbons (Fsp3) is 0.150. The van der Waals surface area contributed by atoms with Gasteiger partial charge in [0.1, 0.15) is 5.75 Å². The van der Waals surface area contributed by atoms with Crippen LogP contribution < -0.4 is 15.4 Å². The predicted molar refractivity (Wildman–Crippen MR) is 102 cm³/mol. The lowest BCUT2D eigenvalue weighted by atomic mass is 10.1. The van der Waals surface area contributed by atoms with E-state index in [-0.39, 0.29) is 0 Å². The summed E-state index contributed by atoms with van der Waals surface area (Å²) in [6.07, 6.45) is 2.88. The van der Waals surface area contributed by atoms with Gasteiger partial charge in [0.15, 0.2) is 12.2 Å². The van der Waals surface area contributed by atoms with Crippen LogP contribution in [0, 0.1) is 13.8 Å².